The quantitative estimate of drug-likeness (QED) is 0.840. The maximum Gasteiger partial charge on any atom is 0.186 e. The van der Waals surface area contributed by atoms with Gasteiger partial charge in [0.05, 0.1) is 6.10 Å². The molecule has 0 aliphatic carbocycles. The van der Waals surface area contributed by atoms with Crippen molar-refractivity contribution in [3.05, 3.63) is 9.98 Å². The highest BCUT2D eigenvalue weighted by molar-refractivity contribution is 9.10. The van der Waals surface area contributed by atoms with Crippen LogP contribution < -0.4 is 4.90 Å². The van der Waals surface area contributed by atoms with Gasteiger partial charge in [-0.15, -0.1) is 11.3 Å². The Hall–Kier alpha value is -0.130. The van der Waals surface area contributed by atoms with Crippen molar-refractivity contribution in [2.75, 3.05) is 18.0 Å². The molecule has 0 aromatic carbocycles. The topological polar surface area (TPSA) is 36.4 Å². The summed E-state index contributed by atoms with van der Waals surface area (Å²) in [5, 5.41) is 12.4. The molecule has 1 unspecified atom stereocenters. The minimum atomic E-state index is -0.184. The first-order valence-corrected chi connectivity index (χ1v) is 5.97. The molecule has 1 aliphatic heterocycles. The van der Waals surface area contributed by atoms with Crippen LogP contribution in [0.15, 0.2) is 9.98 Å². The molecule has 0 amide bonds. The molecule has 2 heterocycles. The van der Waals surface area contributed by atoms with Gasteiger partial charge < -0.3 is 10.0 Å². The molecule has 0 radical (unpaired) electrons. The van der Waals surface area contributed by atoms with E-state index >= 15 is 0 Å². The van der Waals surface area contributed by atoms with Crippen molar-refractivity contribution < 1.29 is 5.11 Å². The number of thiazole rings is 1. The van der Waals surface area contributed by atoms with Crippen LogP contribution in [0.1, 0.15) is 12.8 Å². The van der Waals surface area contributed by atoms with Gasteiger partial charge in [0, 0.05) is 18.5 Å². The lowest BCUT2D eigenvalue weighted by atomic mass is 10.1. The van der Waals surface area contributed by atoms with E-state index in [1.165, 1.54) is 0 Å². The number of hydrogen-bond acceptors (Lipinski definition) is 4. The molecule has 1 aliphatic rings. The van der Waals surface area contributed by atoms with E-state index in [-0.39, 0.29) is 6.10 Å². The number of rotatable bonds is 1. The first-order chi connectivity index (χ1) is 6.25. The lowest BCUT2D eigenvalue weighted by Crippen LogP contribution is -2.38. The van der Waals surface area contributed by atoms with Crippen molar-refractivity contribution in [1.82, 2.24) is 4.98 Å². The second-order valence-corrected chi connectivity index (χ2v) is 4.84. The van der Waals surface area contributed by atoms with E-state index < -0.39 is 0 Å². The first-order valence-electron chi connectivity index (χ1n) is 4.30. The van der Waals surface area contributed by atoms with Crippen LogP contribution in [0.2, 0.25) is 0 Å². The third-order valence-electron chi connectivity index (χ3n) is 2.13. The fraction of sp³-hybridized carbons (Fsp3) is 0.625. The zero-order valence-corrected chi connectivity index (χ0v) is 9.51. The first kappa shape index (κ1) is 9.43. The fourth-order valence-corrected chi connectivity index (χ4v) is 2.81. The van der Waals surface area contributed by atoms with Crippen LogP contribution in [-0.2, 0) is 0 Å². The summed E-state index contributed by atoms with van der Waals surface area (Å²) in [6, 6.07) is 0. The third kappa shape index (κ3) is 2.21. The average Bonchev–Trinajstić information content (AvgIpc) is 2.52. The lowest BCUT2D eigenvalue weighted by molar-refractivity contribution is 0.154. The Morgan fingerprint density at radius 3 is 3.15 bits per heavy atom. The maximum absolute atomic E-state index is 9.47. The Morgan fingerprint density at radius 2 is 2.54 bits per heavy atom. The van der Waals surface area contributed by atoms with Crippen LogP contribution >= 0.6 is 27.3 Å². The smallest absolute Gasteiger partial charge is 0.186 e. The van der Waals surface area contributed by atoms with E-state index in [1.54, 1.807) is 11.3 Å². The molecule has 1 saturated heterocycles. The van der Waals surface area contributed by atoms with Crippen molar-refractivity contribution in [2.45, 2.75) is 18.9 Å². The molecule has 2 rings (SSSR count). The maximum atomic E-state index is 9.47. The lowest BCUT2D eigenvalue weighted by Gasteiger charge is -2.29. The van der Waals surface area contributed by atoms with Crippen LogP contribution in [-0.4, -0.2) is 29.3 Å². The summed E-state index contributed by atoms with van der Waals surface area (Å²) in [6.45, 7) is 1.73. The van der Waals surface area contributed by atoms with Crippen LogP contribution in [0.3, 0.4) is 0 Å². The molecule has 0 saturated carbocycles. The number of aliphatic hydroxyl groups excluding tert-OH is 1. The van der Waals surface area contributed by atoms with Gasteiger partial charge in [-0.1, -0.05) is 0 Å². The molecule has 1 aromatic rings. The highest BCUT2D eigenvalue weighted by Gasteiger charge is 2.19. The number of aromatic nitrogens is 1. The van der Waals surface area contributed by atoms with Crippen LogP contribution in [0, 0.1) is 0 Å². The number of β-amino-alcohol motifs (C(OH)–C–C–N with tert-alkyl or cyclic N) is 1. The van der Waals surface area contributed by atoms with E-state index in [1.807, 2.05) is 5.38 Å². The Balaban J connectivity index is 2.08. The summed E-state index contributed by atoms with van der Waals surface area (Å²) in [6.07, 6.45) is 1.79. The Labute approximate surface area is 89.5 Å². The van der Waals surface area contributed by atoms with Crippen LogP contribution in [0.5, 0.6) is 0 Å². The Kier molecular flexibility index (Phi) is 2.86. The van der Waals surface area contributed by atoms with E-state index in [4.69, 9.17) is 0 Å². The van der Waals surface area contributed by atoms with Gasteiger partial charge in [0.2, 0.25) is 0 Å². The minimum Gasteiger partial charge on any atom is -0.391 e. The summed E-state index contributed by atoms with van der Waals surface area (Å²) in [7, 11) is 0. The molecule has 1 aromatic heterocycles. The summed E-state index contributed by atoms with van der Waals surface area (Å²) in [4.78, 5) is 6.46. The number of piperidine rings is 1. The van der Waals surface area contributed by atoms with Gasteiger partial charge in [-0.05, 0) is 28.8 Å². The SMILES string of the molecule is OC1CCCN(c2nc(Br)cs2)C1. The van der Waals surface area contributed by atoms with E-state index in [2.05, 4.69) is 25.8 Å². The summed E-state index contributed by atoms with van der Waals surface area (Å²) in [5.41, 5.74) is 0. The Morgan fingerprint density at radius 1 is 1.69 bits per heavy atom. The zero-order chi connectivity index (χ0) is 9.26. The van der Waals surface area contributed by atoms with Crippen molar-refractivity contribution >= 4 is 32.4 Å². The molecule has 1 fully saturated rings. The van der Waals surface area contributed by atoms with Crippen molar-refractivity contribution in [2.24, 2.45) is 0 Å². The largest absolute Gasteiger partial charge is 0.391 e. The normalized spacial score (nSPS) is 23.5. The highest BCUT2D eigenvalue weighted by Crippen LogP contribution is 2.26. The van der Waals surface area contributed by atoms with E-state index in [9.17, 15) is 5.11 Å². The Bertz CT molecular complexity index is 291. The van der Waals surface area contributed by atoms with Gasteiger partial charge in [0.1, 0.15) is 4.60 Å². The number of halogens is 1. The fourth-order valence-electron chi connectivity index (χ4n) is 1.52. The zero-order valence-electron chi connectivity index (χ0n) is 7.11. The van der Waals surface area contributed by atoms with Gasteiger partial charge >= 0.3 is 0 Å². The van der Waals surface area contributed by atoms with Crippen LogP contribution in [0.25, 0.3) is 0 Å². The van der Waals surface area contributed by atoms with Gasteiger partial charge in [-0.3, -0.25) is 0 Å². The van der Waals surface area contributed by atoms with Gasteiger partial charge in [-0.2, -0.15) is 0 Å². The van der Waals surface area contributed by atoms with Crippen molar-refractivity contribution in [1.29, 1.82) is 0 Å². The molecule has 0 spiro atoms. The second-order valence-electron chi connectivity index (χ2n) is 3.19. The van der Waals surface area contributed by atoms with Crippen molar-refractivity contribution in [3.63, 3.8) is 0 Å². The molecule has 1 N–H and O–H groups in total. The minimum absolute atomic E-state index is 0.184. The summed E-state index contributed by atoms with van der Waals surface area (Å²) < 4.78 is 0.882. The molecule has 72 valence electrons. The molecular formula is C8H11BrN2OS. The third-order valence-corrected chi connectivity index (χ3v) is 3.74. The van der Waals surface area contributed by atoms with Gasteiger partial charge in [0.15, 0.2) is 5.13 Å². The molecule has 13 heavy (non-hydrogen) atoms. The van der Waals surface area contributed by atoms with E-state index in [0.29, 0.717) is 0 Å². The standard InChI is InChI=1S/C8H11BrN2OS/c9-7-5-13-8(10-7)11-3-1-2-6(12)4-11/h5-6,12H,1-4H2. The number of nitrogens with zero attached hydrogens (tertiary/aromatic N) is 2. The number of hydrogen-bond donors (Lipinski definition) is 1. The molecule has 5 heteroatoms. The van der Waals surface area contributed by atoms with Gasteiger partial charge in [0.25, 0.3) is 0 Å². The average molecular weight is 263 g/mol. The highest BCUT2D eigenvalue weighted by atomic mass is 79.9. The molecule has 0 bridgehead atoms. The second kappa shape index (κ2) is 3.94. The molecular weight excluding hydrogens is 252 g/mol. The summed E-state index contributed by atoms with van der Waals surface area (Å²) >= 11 is 4.94. The molecule has 3 nitrogen and oxygen atoms in total. The van der Waals surface area contributed by atoms with E-state index in [0.717, 1.165) is 35.7 Å². The number of aliphatic hydroxyl groups is 1. The predicted molar refractivity (Wildman–Crippen MR) is 57.3 cm³/mol. The predicted octanol–water partition coefficient (Wildman–Crippen LogP) is 1.87. The number of anilines is 1. The monoisotopic (exact) mass is 262 g/mol. The van der Waals surface area contributed by atoms with Crippen molar-refractivity contribution in [3.8, 4) is 0 Å². The van der Waals surface area contributed by atoms with Gasteiger partial charge in [-0.25, -0.2) is 4.98 Å². The van der Waals surface area contributed by atoms with Crippen LogP contribution in [0.4, 0.5) is 5.13 Å². The summed E-state index contributed by atoms with van der Waals surface area (Å²) in [5.74, 6) is 0. The molecule has 1 atom stereocenters.